The minimum atomic E-state index is -0.753. The van der Waals surface area contributed by atoms with E-state index in [1.807, 2.05) is 0 Å². The van der Waals surface area contributed by atoms with Crippen molar-refractivity contribution in [2.45, 2.75) is 39.2 Å². The van der Waals surface area contributed by atoms with Gasteiger partial charge in [-0.15, -0.1) is 0 Å². The van der Waals surface area contributed by atoms with Crippen molar-refractivity contribution in [1.29, 1.82) is 0 Å². The molecule has 0 spiro atoms. The molecule has 0 saturated carbocycles. The van der Waals surface area contributed by atoms with Crippen LogP contribution in [0.3, 0.4) is 0 Å². The van der Waals surface area contributed by atoms with Gasteiger partial charge in [0.25, 0.3) is 0 Å². The van der Waals surface area contributed by atoms with Gasteiger partial charge in [-0.25, -0.2) is 9.78 Å². The lowest BCUT2D eigenvalue weighted by atomic mass is 9.92. The van der Waals surface area contributed by atoms with Crippen molar-refractivity contribution < 1.29 is 19.1 Å². The molecule has 116 valence electrons. The van der Waals surface area contributed by atoms with Crippen LogP contribution < -0.4 is 5.32 Å². The summed E-state index contributed by atoms with van der Waals surface area (Å²) in [6.07, 6.45) is 4.24. The minimum absolute atomic E-state index is 0.123. The third-order valence-electron chi connectivity index (χ3n) is 3.73. The van der Waals surface area contributed by atoms with Crippen molar-refractivity contribution in [3.05, 3.63) is 17.8 Å². The van der Waals surface area contributed by atoms with Crippen LogP contribution in [-0.4, -0.2) is 40.1 Å². The summed E-state index contributed by atoms with van der Waals surface area (Å²) in [4.78, 5) is 28.3. The van der Waals surface area contributed by atoms with Crippen LogP contribution >= 0.6 is 0 Å². The van der Waals surface area contributed by atoms with Crippen molar-refractivity contribution in [3.63, 3.8) is 0 Å². The summed E-state index contributed by atoms with van der Waals surface area (Å²) in [7, 11) is 0. The second-order valence-corrected chi connectivity index (χ2v) is 5.39. The predicted octanol–water partition coefficient (Wildman–Crippen LogP) is 1.77. The lowest BCUT2D eigenvalue weighted by Gasteiger charge is -2.31. The smallest absolute Gasteiger partial charge is 0.317 e. The summed E-state index contributed by atoms with van der Waals surface area (Å²) in [5.41, 5.74) is 0. The number of carbonyl (C=O) groups excluding carboxylic acids is 1. The molecule has 0 bridgehead atoms. The van der Waals surface area contributed by atoms with Gasteiger partial charge in [0, 0.05) is 19.5 Å². The summed E-state index contributed by atoms with van der Waals surface area (Å²) in [6, 6.07) is -0.123. The molecule has 2 heterocycles. The van der Waals surface area contributed by atoms with Gasteiger partial charge in [0.15, 0.2) is 0 Å². The van der Waals surface area contributed by atoms with Gasteiger partial charge in [-0.1, -0.05) is 0 Å². The number of carbonyl (C=O) groups is 2. The Balaban J connectivity index is 1.69. The van der Waals surface area contributed by atoms with Gasteiger partial charge in [-0.3, -0.25) is 4.79 Å². The molecule has 1 aliphatic heterocycles. The average molecular weight is 295 g/mol. The van der Waals surface area contributed by atoms with Crippen LogP contribution in [-0.2, 0) is 11.3 Å². The average Bonchev–Trinajstić information content (AvgIpc) is 2.89. The Morgan fingerprint density at radius 1 is 1.48 bits per heavy atom. The summed E-state index contributed by atoms with van der Waals surface area (Å²) in [5.74, 6) is 0.867. The standard InChI is InChI=1S/C14H21N3O4/c1-10-8-15-12(21-10)9-16-14(20)17-6-4-11(5-7-17)2-3-13(18)19/h8,11H,2-7,9H2,1H3,(H,16,20)(H,18,19). The van der Waals surface area contributed by atoms with E-state index in [0.717, 1.165) is 18.6 Å². The van der Waals surface area contributed by atoms with E-state index in [1.54, 1.807) is 18.0 Å². The van der Waals surface area contributed by atoms with E-state index >= 15 is 0 Å². The number of amides is 2. The maximum absolute atomic E-state index is 12.0. The van der Waals surface area contributed by atoms with Gasteiger partial charge < -0.3 is 19.7 Å². The molecule has 7 heteroatoms. The van der Waals surface area contributed by atoms with Crippen LogP contribution in [0.1, 0.15) is 37.3 Å². The topological polar surface area (TPSA) is 95.7 Å². The first-order chi connectivity index (χ1) is 10.0. The van der Waals surface area contributed by atoms with E-state index in [1.165, 1.54) is 0 Å². The van der Waals surface area contributed by atoms with Crippen molar-refractivity contribution in [1.82, 2.24) is 15.2 Å². The van der Waals surface area contributed by atoms with Gasteiger partial charge in [-0.2, -0.15) is 0 Å². The third kappa shape index (κ3) is 4.77. The molecule has 0 unspecified atom stereocenters. The molecule has 0 aromatic carbocycles. The van der Waals surface area contributed by atoms with Crippen LogP contribution in [0.15, 0.2) is 10.6 Å². The summed E-state index contributed by atoms with van der Waals surface area (Å²) in [5, 5.41) is 11.5. The fourth-order valence-corrected chi connectivity index (χ4v) is 2.50. The lowest BCUT2D eigenvalue weighted by Crippen LogP contribution is -2.44. The Morgan fingerprint density at radius 3 is 2.76 bits per heavy atom. The predicted molar refractivity (Wildman–Crippen MR) is 74.6 cm³/mol. The molecule has 1 aromatic rings. The molecule has 2 rings (SSSR count). The fourth-order valence-electron chi connectivity index (χ4n) is 2.50. The number of likely N-dealkylation sites (tertiary alicyclic amines) is 1. The number of piperidine rings is 1. The first-order valence-electron chi connectivity index (χ1n) is 7.20. The number of hydrogen-bond donors (Lipinski definition) is 2. The fraction of sp³-hybridized carbons (Fsp3) is 0.643. The maximum Gasteiger partial charge on any atom is 0.317 e. The van der Waals surface area contributed by atoms with Crippen LogP contribution in [0, 0.1) is 12.8 Å². The SMILES string of the molecule is Cc1cnc(CNC(=O)N2CCC(CCC(=O)O)CC2)o1. The Morgan fingerprint density at radius 2 is 2.19 bits per heavy atom. The van der Waals surface area contributed by atoms with Gasteiger partial charge in [0.05, 0.1) is 12.7 Å². The summed E-state index contributed by atoms with van der Waals surface area (Å²) < 4.78 is 5.29. The van der Waals surface area contributed by atoms with Crippen molar-refractivity contribution >= 4 is 12.0 Å². The van der Waals surface area contributed by atoms with Crippen LogP contribution in [0.5, 0.6) is 0 Å². The zero-order valence-electron chi connectivity index (χ0n) is 12.2. The van der Waals surface area contributed by atoms with Crippen LogP contribution in [0.2, 0.25) is 0 Å². The minimum Gasteiger partial charge on any atom is -0.481 e. The molecule has 1 aromatic heterocycles. The molecule has 7 nitrogen and oxygen atoms in total. The van der Waals surface area contributed by atoms with E-state index in [0.29, 0.717) is 31.3 Å². The second-order valence-electron chi connectivity index (χ2n) is 5.39. The van der Waals surface area contributed by atoms with Gasteiger partial charge in [0.1, 0.15) is 5.76 Å². The number of urea groups is 1. The Kier molecular flexibility index (Phi) is 5.19. The quantitative estimate of drug-likeness (QED) is 0.863. The monoisotopic (exact) mass is 295 g/mol. The highest BCUT2D eigenvalue weighted by Crippen LogP contribution is 2.21. The highest BCUT2D eigenvalue weighted by Gasteiger charge is 2.23. The first-order valence-corrected chi connectivity index (χ1v) is 7.20. The van der Waals surface area contributed by atoms with E-state index in [2.05, 4.69) is 10.3 Å². The van der Waals surface area contributed by atoms with E-state index in [9.17, 15) is 9.59 Å². The van der Waals surface area contributed by atoms with Crippen LogP contribution in [0.4, 0.5) is 4.79 Å². The van der Waals surface area contributed by atoms with Crippen LogP contribution in [0.25, 0.3) is 0 Å². The van der Waals surface area contributed by atoms with Gasteiger partial charge >= 0.3 is 12.0 Å². The first kappa shape index (κ1) is 15.3. The largest absolute Gasteiger partial charge is 0.481 e. The van der Waals surface area contributed by atoms with E-state index in [-0.39, 0.29) is 19.0 Å². The molecule has 0 aliphatic carbocycles. The molecule has 1 aliphatic rings. The molecule has 1 fully saturated rings. The molecule has 0 radical (unpaired) electrons. The van der Waals surface area contributed by atoms with Crippen molar-refractivity contribution in [2.75, 3.05) is 13.1 Å². The third-order valence-corrected chi connectivity index (χ3v) is 3.73. The molecule has 2 N–H and O–H groups in total. The number of rotatable bonds is 5. The van der Waals surface area contributed by atoms with Crippen molar-refractivity contribution in [3.8, 4) is 0 Å². The number of nitrogens with zero attached hydrogens (tertiary/aromatic N) is 2. The number of hydrogen-bond acceptors (Lipinski definition) is 4. The highest BCUT2D eigenvalue weighted by atomic mass is 16.4. The zero-order chi connectivity index (χ0) is 15.2. The van der Waals surface area contributed by atoms with Gasteiger partial charge in [0.2, 0.25) is 5.89 Å². The molecular formula is C14H21N3O4. The second kappa shape index (κ2) is 7.10. The number of carboxylic acids is 1. The van der Waals surface area contributed by atoms with Crippen molar-refractivity contribution in [2.24, 2.45) is 5.92 Å². The highest BCUT2D eigenvalue weighted by molar-refractivity contribution is 5.74. The Hall–Kier alpha value is -2.05. The van der Waals surface area contributed by atoms with E-state index in [4.69, 9.17) is 9.52 Å². The molecule has 2 amide bonds. The lowest BCUT2D eigenvalue weighted by molar-refractivity contribution is -0.137. The number of aliphatic carboxylic acids is 1. The number of aryl methyl sites for hydroxylation is 1. The summed E-state index contributed by atoms with van der Waals surface area (Å²) in [6.45, 7) is 3.42. The number of oxazole rings is 1. The molecule has 0 atom stereocenters. The normalized spacial score (nSPS) is 16.0. The number of nitrogens with one attached hydrogen (secondary N) is 1. The maximum atomic E-state index is 12.0. The molecule has 1 saturated heterocycles. The Bertz CT molecular complexity index is 492. The zero-order valence-corrected chi connectivity index (χ0v) is 12.2. The summed E-state index contributed by atoms with van der Waals surface area (Å²) >= 11 is 0. The Labute approximate surface area is 123 Å². The number of carboxylic acid groups (broad SMARTS) is 1. The number of aromatic nitrogens is 1. The van der Waals surface area contributed by atoms with E-state index < -0.39 is 5.97 Å². The van der Waals surface area contributed by atoms with Gasteiger partial charge in [-0.05, 0) is 32.1 Å². The molecule has 21 heavy (non-hydrogen) atoms. The molecular weight excluding hydrogens is 274 g/mol.